The third-order valence-electron chi connectivity index (χ3n) is 3.60. The third kappa shape index (κ3) is 4.45. The fourth-order valence-electron chi connectivity index (χ4n) is 2.32. The Labute approximate surface area is 155 Å². The van der Waals surface area contributed by atoms with Gasteiger partial charge < -0.3 is 5.32 Å². The molecule has 0 spiro atoms. The van der Waals surface area contributed by atoms with Gasteiger partial charge in [0.25, 0.3) is 0 Å². The van der Waals surface area contributed by atoms with Crippen molar-refractivity contribution >= 4 is 23.3 Å². The van der Waals surface area contributed by atoms with Crippen molar-refractivity contribution in [3.63, 3.8) is 0 Å². The SMILES string of the molecule is O=C(CCn1cc(Cl)cn1)Nc1ccn(Cc2c(F)c(F)cc(F)c2F)n1. The van der Waals surface area contributed by atoms with Gasteiger partial charge in [0.05, 0.1) is 23.3 Å². The minimum atomic E-state index is -1.50. The lowest BCUT2D eigenvalue weighted by atomic mass is 10.2. The van der Waals surface area contributed by atoms with E-state index in [0.29, 0.717) is 5.02 Å². The number of hydrogen-bond donors (Lipinski definition) is 1. The number of hydrogen-bond acceptors (Lipinski definition) is 3. The standard InChI is InChI=1S/C16H12ClF4N5O/c17-9-6-22-25(7-9)4-2-14(27)23-13-1-3-26(24-13)8-10-15(20)11(18)5-12(19)16(10)21/h1,3,5-7H,2,4,8H2,(H,23,24,27). The van der Waals surface area contributed by atoms with Gasteiger partial charge in [-0.3, -0.25) is 14.2 Å². The molecule has 0 aliphatic heterocycles. The van der Waals surface area contributed by atoms with E-state index in [4.69, 9.17) is 11.6 Å². The number of rotatable bonds is 6. The highest BCUT2D eigenvalue weighted by Gasteiger charge is 2.19. The maximum absolute atomic E-state index is 13.7. The highest BCUT2D eigenvalue weighted by Crippen LogP contribution is 2.20. The van der Waals surface area contributed by atoms with Crippen LogP contribution in [0, 0.1) is 23.3 Å². The summed E-state index contributed by atoms with van der Waals surface area (Å²) >= 11 is 5.72. The number of nitrogens with zero attached hydrogens (tertiary/aromatic N) is 4. The van der Waals surface area contributed by atoms with Crippen LogP contribution in [-0.2, 0) is 17.9 Å². The molecule has 0 unspecified atom stereocenters. The van der Waals surface area contributed by atoms with Crippen LogP contribution in [0.25, 0.3) is 0 Å². The fraction of sp³-hybridized carbons (Fsp3) is 0.188. The second-order valence-corrected chi connectivity index (χ2v) is 6.00. The van der Waals surface area contributed by atoms with Gasteiger partial charge in [0.15, 0.2) is 29.1 Å². The number of aryl methyl sites for hydroxylation is 1. The molecule has 0 bridgehead atoms. The van der Waals surface area contributed by atoms with E-state index in [0.717, 1.165) is 4.68 Å². The Morgan fingerprint density at radius 3 is 2.48 bits per heavy atom. The number of halogens is 5. The zero-order valence-corrected chi connectivity index (χ0v) is 14.4. The minimum absolute atomic E-state index is 0.0865. The van der Waals surface area contributed by atoms with Gasteiger partial charge in [-0.15, -0.1) is 0 Å². The summed E-state index contributed by atoms with van der Waals surface area (Å²) in [5.41, 5.74) is -0.802. The van der Waals surface area contributed by atoms with Gasteiger partial charge in [0.1, 0.15) is 0 Å². The predicted molar refractivity (Wildman–Crippen MR) is 88.1 cm³/mol. The lowest BCUT2D eigenvalue weighted by Crippen LogP contribution is -2.15. The van der Waals surface area contributed by atoms with E-state index < -0.39 is 35.4 Å². The Balaban J connectivity index is 1.63. The Morgan fingerprint density at radius 2 is 1.85 bits per heavy atom. The number of nitrogens with one attached hydrogen (secondary N) is 1. The van der Waals surface area contributed by atoms with Gasteiger partial charge in [-0.1, -0.05) is 11.6 Å². The molecule has 27 heavy (non-hydrogen) atoms. The molecule has 2 aromatic heterocycles. The van der Waals surface area contributed by atoms with Crippen LogP contribution in [0.4, 0.5) is 23.4 Å². The van der Waals surface area contributed by atoms with E-state index in [1.54, 1.807) is 6.20 Å². The largest absolute Gasteiger partial charge is 0.309 e. The summed E-state index contributed by atoms with van der Waals surface area (Å²) < 4.78 is 56.4. The zero-order chi connectivity index (χ0) is 19.6. The van der Waals surface area contributed by atoms with Crippen LogP contribution in [0.1, 0.15) is 12.0 Å². The topological polar surface area (TPSA) is 64.7 Å². The molecule has 3 rings (SSSR count). The van der Waals surface area contributed by atoms with Crippen LogP contribution in [-0.4, -0.2) is 25.5 Å². The molecule has 0 fully saturated rings. The second-order valence-electron chi connectivity index (χ2n) is 5.57. The van der Waals surface area contributed by atoms with Gasteiger partial charge in [-0.25, -0.2) is 17.6 Å². The van der Waals surface area contributed by atoms with Gasteiger partial charge in [-0.05, 0) is 0 Å². The molecule has 3 aromatic rings. The van der Waals surface area contributed by atoms with Gasteiger partial charge in [-0.2, -0.15) is 10.2 Å². The number of amides is 1. The molecule has 0 aliphatic carbocycles. The molecule has 0 radical (unpaired) electrons. The summed E-state index contributed by atoms with van der Waals surface area (Å²) in [5.74, 6) is -6.23. The number of carbonyl (C=O) groups is 1. The van der Waals surface area contributed by atoms with Crippen molar-refractivity contribution in [2.75, 3.05) is 5.32 Å². The van der Waals surface area contributed by atoms with Crippen LogP contribution in [0.3, 0.4) is 0 Å². The molecule has 1 aromatic carbocycles. The summed E-state index contributed by atoms with van der Waals surface area (Å²) in [6.45, 7) is -0.258. The van der Waals surface area contributed by atoms with Crippen LogP contribution in [0.2, 0.25) is 5.02 Å². The van der Waals surface area contributed by atoms with Gasteiger partial charge >= 0.3 is 0 Å². The Morgan fingerprint density at radius 1 is 1.15 bits per heavy atom. The predicted octanol–water partition coefficient (Wildman–Crippen LogP) is 3.37. The first-order chi connectivity index (χ1) is 12.8. The molecule has 0 atom stereocenters. The summed E-state index contributed by atoms with van der Waals surface area (Å²) in [6, 6.07) is 1.52. The van der Waals surface area contributed by atoms with E-state index in [9.17, 15) is 22.4 Å². The maximum Gasteiger partial charge on any atom is 0.227 e. The van der Waals surface area contributed by atoms with Crippen molar-refractivity contribution in [3.05, 3.63) is 64.6 Å². The highest BCUT2D eigenvalue weighted by molar-refractivity contribution is 6.30. The van der Waals surface area contributed by atoms with E-state index in [-0.39, 0.29) is 30.8 Å². The second kappa shape index (κ2) is 7.78. The summed E-state index contributed by atoms with van der Waals surface area (Å²) in [4.78, 5) is 11.9. The Kier molecular flexibility index (Phi) is 5.45. The van der Waals surface area contributed by atoms with Crippen molar-refractivity contribution in [1.29, 1.82) is 0 Å². The molecule has 0 saturated carbocycles. The Hall–Kier alpha value is -2.88. The van der Waals surface area contributed by atoms with E-state index >= 15 is 0 Å². The first-order valence-corrected chi connectivity index (χ1v) is 8.04. The average molecular weight is 402 g/mol. The van der Waals surface area contributed by atoms with Crippen LogP contribution >= 0.6 is 11.6 Å². The normalized spacial score (nSPS) is 11.0. The average Bonchev–Trinajstić information content (AvgIpc) is 3.24. The molecule has 2 heterocycles. The highest BCUT2D eigenvalue weighted by atomic mass is 35.5. The first-order valence-electron chi connectivity index (χ1n) is 7.66. The molecule has 0 saturated heterocycles. The van der Waals surface area contributed by atoms with E-state index in [2.05, 4.69) is 15.5 Å². The molecule has 1 N–H and O–H groups in total. The summed E-state index contributed by atoms with van der Waals surface area (Å²) in [6.07, 6.45) is 4.40. The smallest absolute Gasteiger partial charge is 0.227 e. The fourth-order valence-corrected chi connectivity index (χ4v) is 2.48. The minimum Gasteiger partial charge on any atom is -0.309 e. The van der Waals surface area contributed by atoms with Crippen molar-refractivity contribution in [3.8, 4) is 0 Å². The van der Waals surface area contributed by atoms with Crippen LogP contribution < -0.4 is 5.32 Å². The zero-order valence-electron chi connectivity index (χ0n) is 13.6. The maximum atomic E-state index is 13.7. The van der Waals surface area contributed by atoms with E-state index in [1.165, 1.54) is 23.1 Å². The third-order valence-corrected chi connectivity index (χ3v) is 3.80. The molecule has 11 heteroatoms. The number of benzene rings is 1. The van der Waals surface area contributed by atoms with Gasteiger partial charge in [0, 0.05) is 37.5 Å². The Bertz CT molecular complexity index is 961. The molecular weight excluding hydrogens is 390 g/mol. The van der Waals surface area contributed by atoms with E-state index in [1.807, 2.05) is 0 Å². The van der Waals surface area contributed by atoms with Gasteiger partial charge in [0.2, 0.25) is 5.91 Å². The molecule has 0 aliphatic rings. The number of carbonyl (C=O) groups excluding carboxylic acids is 1. The summed E-state index contributed by atoms with van der Waals surface area (Å²) in [5, 5.41) is 10.8. The quantitative estimate of drug-likeness (QED) is 0.509. The van der Waals surface area contributed by atoms with Crippen LogP contribution in [0.15, 0.2) is 30.7 Å². The lowest BCUT2D eigenvalue weighted by Gasteiger charge is -2.07. The van der Waals surface area contributed by atoms with Crippen molar-refractivity contribution in [1.82, 2.24) is 19.6 Å². The monoisotopic (exact) mass is 401 g/mol. The number of anilines is 1. The number of aromatic nitrogens is 4. The first kappa shape index (κ1) is 18.9. The molecule has 1 amide bonds. The van der Waals surface area contributed by atoms with Crippen molar-refractivity contribution in [2.24, 2.45) is 0 Å². The van der Waals surface area contributed by atoms with Crippen molar-refractivity contribution < 1.29 is 22.4 Å². The van der Waals surface area contributed by atoms with Crippen molar-refractivity contribution in [2.45, 2.75) is 19.5 Å². The molecule has 142 valence electrons. The van der Waals surface area contributed by atoms with Crippen LogP contribution in [0.5, 0.6) is 0 Å². The molecule has 6 nitrogen and oxygen atoms in total. The lowest BCUT2D eigenvalue weighted by molar-refractivity contribution is -0.116. The molecular formula is C16H12ClF4N5O. The summed E-state index contributed by atoms with van der Waals surface area (Å²) in [7, 11) is 0.